The SMILES string of the molecule is CCCCCC(=O)OC(N)C[N+](C)(C)C. The number of carbonyl (C=O) groups is 1. The van der Waals surface area contributed by atoms with Crippen LogP contribution in [0.5, 0.6) is 0 Å². The number of ether oxygens (including phenoxy) is 1. The molecule has 0 heterocycles. The lowest BCUT2D eigenvalue weighted by Crippen LogP contribution is -2.46. The lowest BCUT2D eigenvalue weighted by Gasteiger charge is -2.26. The molecule has 1 atom stereocenters. The lowest BCUT2D eigenvalue weighted by molar-refractivity contribution is -0.873. The van der Waals surface area contributed by atoms with Gasteiger partial charge in [0, 0.05) is 6.42 Å². The van der Waals surface area contributed by atoms with Gasteiger partial charge in [0.1, 0.15) is 6.54 Å². The molecule has 0 aromatic rings. The second-order valence-corrected chi connectivity index (χ2v) is 4.96. The van der Waals surface area contributed by atoms with Gasteiger partial charge in [0.2, 0.25) is 0 Å². The van der Waals surface area contributed by atoms with Gasteiger partial charge in [-0.1, -0.05) is 19.8 Å². The van der Waals surface area contributed by atoms with Crippen molar-refractivity contribution in [2.75, 3.05) is 27.7 Å². The minimum absolute atomic E-state index is 0.176. The zero-order valence-electron chi connectivity index (χ0n) is 10.5. The minimum Gasteiger partial charge on any atom is -0.441 e. The molecule has 4 heteroatoms. The number of nitrogens with two attached hydrogens (primary N) is 1. The zero-order valence-corrected chi connectivity index (χ0v) is 10.5. The van der Waals surface area contributed by atoms with E-state index in [9.17, 15) is 4.79 Å². The van der Waals surface area contributed by atoms with E-state index in [4.69, 9.17) is 10.5 Å². The van der Waals surface area contributed by atoms with E-state index in [0.717, 1.165) is 19.3 Å². The largest absolute Gasteiger partial charge is 0.441 e. The molecule has 0 aromatic carbocycles. The van der Waals surface area contributed by atoms with E-state index < -0.39 is 6.23 Å². The van der Waals surface area contributed by atoms with Gasteiger partial charge in [0.15, 0.2) is 6.23 Å². The summed E-state index contributed by atoms with van der Waals surface area (Å²) in [6.45, 7) is 2.74. The van der Waals surface area contributed by atoms with Crippen LogP contribution in [0.1, 0.15) is 32.6 Å². The predicted octanol–water partition coefficient (Wildman–Crippen LogP) is 1.10. The van der Waals surface area contributed by atoms with Crippen LogP contribution in [0, 0.1) is 0 Å². The van der Waals surface area contributed by atoms with Crippen molar-refractivity contribution in [3.05, 3.63) is 0 Å². The molecule has 0 radical (unpaired) electrons. The number of quaternary nitrogens is 1. The Bertz CT molecular complexity index is 188. The highest BCUT2D eigenvalue weighted by atomic mass is 16.6. The van der Waals surface area contributed by atoms with Crippen LogP contribution in [0.3, 0.4) is 0 Å². The fourth-order valence-electron chi connectivity index (χ4n) is 1.32. The van der Waals surface area contributed by atoms with Crippen LogP contribution in [0.25, 0.3) is 0 Å². The summed E-state index contributed by atoms with van der Waals surface area (Å²) in [7, 11) is 6.06. The van der Waals surface area contributed by atoms with E-state index in [0.29, 0.717) is 17.4 Å². The van der Waals surface area contributed by atoms with Gasteiger partial charge in [-0.25, -0.2) is 0 Å². The fourth-order valence-corrected chi connectivity index (χ4v) is 1.32. The van der Waals surface area contributed by atoms with Crippen LogP contribution < -0.4 is 5.73 Å². The van der Waals surface area contributed by atoms with Crippen LogP contribution >= 0.6 is 0 Å². The molecular formula is C11H25N2O2+. The van der Waals surface area contributed by atoms with Gasteiger partial charge >= 0.3 is 5.97 Å². The van der Waals surface area contributed by atoms with Crippen molar-refractivity contribution >= 4 is 5.97 Å². The molecule has 0 fully saturated rings. The van der Waals surface area contributed by atoms with Crippen LogP contribution in [0.4, 0.5) is 0 Å². The molecule has 90 valence electrons. The standard InChI is InChI=1S/C11H25N2O2/c1-5-6-7-8-11(14)15-10(12)9-13(2,3)4/h10H,5-9,12H2,1-4H3/q+1. The first kappa shape index (κ1) is 14.4. The average Bonchev–Trinajstić information content (AvgIpc) is 2.00. The summed E-state index contributed by atoms with van der Waals surface area (Å²) in [5.41, 5.74) is 5.71. The Labute approximate surface area is 93.0 Å². The fraction of sp³-hybridized carbons (Fsp3) is 0.909. The van der Waals surface area contributed by atoms with E-state index in [1.807, 2.05) is 21.1 Å². The normalized spacial score (nSPS) is 13.7. The highest BCUT2D eigenvalue weighted by Crippen LogP contribution is 2.02. The van der Waals surface area contributed by atoms with E-state index in [1.165, 1.54) is 0 Å². The smallest absolute Gasteiger partial charge is 0.307 e. The molecule has 15 heavy (non-hydrogen) atoms. The Morgan fingerprint density at radius 3 is 2.40 bits per heavy atom. The highest BCUT2D eigenvalue weighted by molar-refractivity contribution is 5.69. The summed E-state index contributed by atoms with van der Waals surface area (Å²) >= 11 is 0. The summed E-state index contributed by atoms with van der Waals surface area (Å²) in [5, 5.41) is 0. The molecule has 2 N–H and O–H groups in total. The van der Waals surface area contributed by atoms with Crippen molar-refractivity contribution in [3.63, 3.8) is 0 Å². The van der Waals surface area contributed by atoms with Gasteiger partial charge < -0.3 is 9.22 Å². The van der Waals surface area contributed by atoms with Crippen LogP contribution in [-0.4, -0.2) is 44.4 Å². The van der Waals surface area contributed by atoms with E-state index >= 15 is 0 Å². The first-order valence-corrected chi connectivity index (χ1v) is 5.60. The van der Waals surface area contributed by atoms with Crippen molar-refractivity contribution in [3.8, 4) is 0 Å². The average molecular weight is 217 g/mol. The minimum atomic E-state index is -0.487. The Morgan fingerprint density at radius 2 is 1.93 bits per heavy atom. The number of likely N-dealkylation sites (N-methyl/N-ethyl adjacent to an activating group) is 1. The summed E-state index contributed by atoms with van der Waals surface area (Å²) < 4.78 is 5.79. The van der Waals surface area contributed by atoms with Gasteiger partial charge in [-0.15, -0.1) is 0 Å². The van der Waals surface area contributed by atoms with Crippen molar-refractivity contribution in [1.29, 1.82) is 0 Å². The third-order valence-electron chi connectivity index (χ3n) is 1.99. The Morgan fingerprint density at radius 1 is 1.33 bits per heavy atom. The lowest BCUT2D eigenvalue weighted by atomic mass is 10.2. The summed E-state index contributed by atoms with van der Waals surface area (Å²) in [6.07, 6.45) is 3.07. The van der Waals surface area contributed by atoms with Crippen LogP contribution in [0.2, 0.25) is 0 Å². The summed E-state index contributed by atoms with van der Waals surface area (Å²) in [5.74, 6) is -0.176. The summed E-state index contributed by atoms with van der Waals surface area (Å²) in [6, 6.07) is 0. The molecular weight excluding hydrogens is 192 g/mol. The number of nitrogens with zero attached hydrogens (tertiary/aromatic N) is 1. The second kappa shape index (κ2) is 6.80. The van der Waals surface area contributed by atoms with Gasteiger partial charge in [0.05, 0.1) is 21.1 Å². The van der Waals surface area contributed by atoms with E-state index in [2.05, 4.69) is 6.92 Å². The first-order valence-electron chi connectivity index (χ1n) is 5.60. The van der Waals surface area contributed by atoms with Gasteiger partial charge in [0.25, 0.3) is 0 Å². The first-order chi connectivity index (χ1) is 6.85. The Kier molecular flexibility index (Phi) is 6.52. The molecule has 1 unspecified atom stereocenters. The number of unbranched alkanes of at least 4 members (excludes halogenated alkanes) is 2. The molecule has 0 aliphatic rings. The number of hydrogen-bond acceptors (Lipinski definition) is 3. The number of rotatable bonds is 7. The van der Waals surface area contributed by atoms with Crippen molar-refractivity contribution in [2.45, 2.75) is 38.8 Å². The molecule has 0 rings (SSSR count). The maximum atomic E-state index is 11.3. The van der Waals surface area contributed by atoms with Gasteiger partial charge in [-0.05, 0) is 6.42 Å². The molecule has 0 bridgehead atoms. The highest BCUT2D eigenvalue weighted by Gasteiger charge is 2.17. The molecule has 0 saturated carbocycles. The molecule has 0 amide bonds. The van der Waals surface area contributed by atoms with Crippen molar-refractivity contribution in [1.82, 2.24) is 0 Å². The van der Waals surface area contributed by atoms with E-state index in [-0.39, 0.29) is 5.97 Å². The Hall–Kier alpha value is -0.610. The maximum Gasteiger partial charge on any atom is 0.307 e. The molecule has 0 saturated heterocycles. The van der Waals surface area contributed by atoms with Crippen LogP contribution in [-0.2, 0) is 9.53 Å². The number of hydrogen-bond donors (Lipinski definition) is 1. The monoisotopic (exact) mass is 217 g/mol. The van der Waals surface area contributed by atoms with Crippen molar-refractivity contribution in [2.24, 2.45) is 5.73 Å². The van der Waals surface area contributed by atoms with Crippen LogP contribution in [0.15, 0.2) is 0 Å². The zero-order chi connectivity index (χ0) is 11.9. The number of carbonyl (C=O) groups excluding carboxylic acids is 1. The molecule has 0 aliphatic heterocycles. The molecule has 0 spiro atoms. The third kappa shape index (κ3) is 9.69. The van der Waals surface area contributed by atoms with Gasteiger partial charge in [-0.2, -0.15) is 0 Å². The van der Waals surface area contributed by atoms with Gasteiger partial charge in [-0.3, -0.25) is 10.5 Å². The third-order valence-corrected chi connectivity index (χ3v) is 1.99. The molecule has 4 nitrogen and oxygen atoms in total. The maximum absolute atomic E-state index is 11.3. The second-order valence-electron chi connectivity index (χ2n) is 4.96. The molecule has 0 aromatic heterocycles. The quantitative estimate of drug-likeness (QED) is 0.301. The molecule has 0 aliphatic carbocycles. The van der Waals surface area contributed by atoms with E-state index in [1.54, 1.807) is 0 Å². The Balaban J connectivity index is 3.67. The topological polar surface area (TPSA) is 52.3 Å². The number of esters is 1. The summed E-state index contributed by atoms with van der Waals surface area (Å²) in [4.78, 5) is 11.3. The predicted molar refractivity (Wildman–Crippen MR) is 61.1 cm³/mol. The van der Waals surface area contributed by atoms with Crippen molar-refractivity contribution < 1.29 is 14.0 Å².